The summed E-state index contributed by atoms with van der Waals surface area (Å²) in [4.78, 5) is 9.48. The lowest BCUT2D eigenvalue weighted by Crippen LogP contribution is -1.95. The Morgan fingerprint density at radius 3 is 2.23 bits per heavy atom. The van der Waals surface area contributed by atoms with E-state index in [-0.39, 0.29) is 0 Å². The van der Waals surface area contributed by atoms with Crippen LogP contribution in [0.5, 0.6) is 0 Å². The molecule has 0 aliphatic rings. The predicted molar refractivity (Wildman–Crippen MR) is 114 cm³/mol. The Balaban J connectivity index is 2.03. The van der Waals surface area contributed by atoms with Gasteiger partial charge in [-0.2, -0.15) is 0 Å². The van der Waals surface area contributed by atoms with Gasteiger partial charge in [-0.1, -0.05) is 88.8 Å². The summed E-state index contributed by atoms with van der Waals surface area (Å²) < 4.78 is 1.05. The minimum atomic E-state index is 0.725. The van der Waals surface area contributed by atoms with E-state index >= 15 is 0 Å². The first-order chi connectivity index (χ1) is 12.8. The SMILES string of the molecule is C\C=C/C=C\C=C\c1cc(-c2ccc(Br)cc2)nc(-c2ccccc2)n1. The monoisotopic (exact) mass is 402 g/mol. The van der Waals surface area contributed by atoms with Crippen molar-refractivity contribution in [3.05, 3.63) is 101 Å². The summed E-state index contributed by atoms with van der Waals surface area (Å²) in [6.45, 7) is 2.00. The molecular formula is C23H19BrN2. The van der Waals surface area contributed by atoms with Crippen LogP contribution in [0.1, 0.15) is 12.6 Å². The largest absolute Gasteiger partial charge is 0.229 e. The van der Waals surface area contributed by atoms with Crippen LogP contribution in [0.2, 0.25) is 0 Å². The Bertz CT molecular complexity index is 940. The minimum absolute atomic E-state index is 0.725. The van der Waals surface area contributed by atoms with Crippen molar-refractivity contribution >= 4 is 22.0 Å². The lowest BCUT2D eigenvalue weighted by atomic mass is 10.1. The number of rotatable bonds is 5. The van der Waals surface area contributed by atoms with E-state index in [0.29, 0.717) is 0 Å². The molecule has 3 rings (SSSR count). The smallest absolute Gasteiger partial charge is 0.160 e. The molecule has 1 aromatic heterocycles. The van der Waals surface area contributed by atoms with Crippen LogP contribution in [0.3, 0.4) is 0 Å². The van der Waals surface area contributed by atoms with E-state index in [2.05, 4.69) is 28.1 Å². The number of aromatic nitrogens is 2. The fraction of sp³-hybridized carbons (Fsp3) is 0.0435. The summed E-state index contributed by atoms with van der Waals surface area (Å²) in [6.07, 6.45) is 12.0. The van der Waals surface area contributed by atoms with Crippen molar-refractivity contribution in [2.24, 2.45) is 0 Å². The first-order valence-corrected chi connectivity index (χ1v) is 9.22. The average molecular weight is 403 g/mol. The Kier molecular flexibility index (Phi) is 6.29. The average Bonchev–Trinajstić information content (AvgIpc) is 2.69. The number of benzene rings is 2. The Morgan fingerprint density at radius 1 is 0.769 bits per heavy atom. The molecule has 0 fully saturated rings. The van der Waals surface area contributed by atoms with Crippen molar-refractivity contribution in [1.82, 2.24) is 9.97 Å². The zero-order valence-corrected chi connectivity index (χ0v) is 16.1. The number of hydrogen-bond donors (Lipinski definition) is 0. The van der Waals surface area contributed by atoms with Gasteiger partial charge in [0.1, 0.15) is 0 Å². The third-order valence-corrected chi connectivity index (χ3v) is 4.24. The highest BCUT2D eigenvalue weighted by molar-refractivity contribution is 9.10. The Hall–Kier alpha value is -2.78. The lowest BCUT2D eigenvalue weighted by Gasteiger charge is -2.07. The molecule has 0 spiro atoms. The number of allylic oxidation sites excluding steroid dienone is 5. The molecule has 0 saturated carbocycles. The van der Waals surface area contributed by atoms with E-state index in [1.165, 1.54) is 0 Å². The maximum Gasteiger partial charge on any atom is 0.160 e. The molecular weight excluding hydrogens is 384 g/mol. The van der Waals surface area contributed by atoms with Crippen LogP contribution in [-0.4, -0.2) is 9.97 Å². The number of nitrogens with zero attached hydrogens (tertiary/aromatic N) is 2. The van der Waals surface area contributed by atoms with Crippen molar-refractivity contribution in [1.29, 1.82) is 0 Å². The molecule has 3 heteroatoms. The van der Waals surface area contributed by atoms with E-state index in [1.54, 1.807) is 0 Å². The molecule has 0 bridgehead atoms. The zero-order chi connectivity index (χ0) is 18.2. The molecule has 0 unspecified atom stereocenters. The second kappa shape index (κ2) is 9.07. The van der Waals surface area contributed by atoms with Crippen LogP contribution in [0.4, 0.5) is 0 Å². The summed E-state index contributed by atoms with van der Waals surface area (Å²) in [5, 5.41) is 0. The maximum absolute atomic E-state index is 4.77. The second-order valence-corrected chi connectivity index (χ2v) is 6.56. The van der Waals surface area contributed by atoms with Crippen LogP contribution < -0.4 is 0 Å². The van der Waals surface area contributed by atoms with Crippen LogP contribution in [0.15, 0.2) is 95.5 Å². The van der Waals surface area contributed by atoms with Gasteiger partial charge in [0.15, 0.2) is 5.82 Å². The fourth-order valence-electron chi connectivity index (χ4n) is 2.43. The molecule has 0 aliphatic carbocycles. The van der Waals surface area contributed by atoms with Crippen molar-refractivity contribution in [2.45, 2.75) is 6.92 Å². The van der Waals surface area contributed by atoms with Crippen LogP contribution in [-0.2, 0) is 0 Å². The van der Waals surface area contributed by atoms with E-state index in [1.807, 2.05) is 91.9 Å². The summed E-state index contributed by atoms with van der Waals surface area (Å²) >= 11 is 3.48. The first kappa shape index (κ1) is 18.0. The normalized spacial score (nSPS) is 11.8. The maximum atomic E-state index is 4.77. The molecule has 0 amide bonds. The molecule has 0 aliphatic heterocycles. The Labute approximate surface area is 162 Å². The predicted octanol–water partition coefficient (Wildman–Crippen LogP) is 6.72. The van der Waals surface area contributed by atoms with Gasteiger partial charge >= 0.3 is 0 Å². The van der Waals surface area contributed by atoms with Gasteiger partial charge in [-0.25, -0.2) is 9.97 Å². The highest BCUT2D eigenvalue weighted by Gasteiger charge is 2.07. The van der Waals surface area contributed by atoms with Crippen LogP contribution >= 0.6 is 15.9 Å². The van der Waals surface area contributed by atoms with E-state index in [0.717, 1.165) is 32.8 Å². The van der Waals surface area contributed by atoms with Crippen molar-refractivity contribution in [3.8, 4) is 22.6 Å². The standard InChI is InChI=1S/C23H19BrN2/c1-2-3-4-5-9-12-21-17-22(18-13-15-20(24)16-14-18)26-23(25-21)19-10-7-6-8-11-19/h2-17H,1H3/b3-2-,5-4-,12-9+. The van der Waals surface area contributed by atoms with Gasteiger partial charge in [-0.3, -0.25) is 0 Å². The molecule has 0 radical (unpaired) electrons. The van der Waals surface area contributed by atoms with E-state index in [9.17, 15) is 0 Å². The summed E-state index contributed by atoms with van der Waals surface area (Å²) in [5.41, 5.74) is 3.85. The highest BCUT2D eigenvalue weighted by Crippen LogP contribution is 2.24. The van der Waals surface area contributed by atoms with Gasteiger partial charge in [0.05, 0.1) is 11.4 Å². The molecule has 0 atom stereocenters. The third-order valence-electron chi connectivity index (χ3n) is 3.71. The molecule has 2 aromatic carbocycles. The van der Waals surface area contributed by atoms with Gasteiger partial charge < -0.3 is 0 Å². The molecule has 1 heterocycles. The summed E-state index contributed by atoms with van der Waals surface area (Å²) in [6, 6.07) is 20.2. The van der Waals surface area contributed by atoms with E-state index < -0.39 is 0 Å². The highest BCUT2D eigenvalue weighted by atomic mass is 79.9. The summed E-state index contributed by atoms with van der Waals surface area (Å²) in [5.74, 6) is 0.725. The molecule has 3 aromatic rings. The first-order valence-electron chi connectivity index (χ1n) is 8.43. The fourth-order valence-corrected chi connectivity index (χ4v) is 2.69. The van der Waals surface area contributed by atoms with E-state index in [4.69, 9.17) is 9.97 Å². The topological polar surface area (TPSA) is 25.8 Å². The van der Waals surface area contributed by atoms with Crippen molar-refractivity contribution < 1.29 is 0 Å². The van der Waals surface area contributed by atoms with Crippen molar-refractivity contribution in [3.63, 3.8) is 0 Å². The van der Waals surface area contributed by atoms with Gasteiger partial charge in [0.2, 0.25) is 0 Å². The third kappa shape index (κ3) is 4.87. The lowest BCUT2D eigenvalue weighted by molar-refractivity contribution is 1.16. The Morgan fingerprint density at radius 2 is 1.50 bits per heavy atom. The second-order valence-electron chi connectivity index (χ2n) is 5.64. The zero-order valence-electron chi connectivity index (χ0n) is 14.5. The number of halogens is 1. The molecule has 2 nitrogen and oxygen atoms in total. The van der Waals surface area contributed by atoms with Crippen molar-refractivity contribution in [2.75, 3.05) is 0 Å². The molecule has 0 N–H and O–H groups in total. The quantitative estimate of drug-likeness (QED) is 0.442. The molecule has 128 valence electrons. The molecule has 26 heavy (non-hydrogen) atoms. The van der Waals surface area contributed by atoms with Crippen LogP contribution in [0, 0.1) is 0 Å². The van der Waals surface area contributed by atoms with Gasteiger partial charge in [0.25, 0.3) is 0 Å². The number of hydrogen-bond acceptors (Lipinski definition) is 2. The summed E-state index contributed by atoms with van der Waals surface area (Å²) in [7, 11) is 0. The van der Waals surface area contributed by atoms with Gasteiger partial charge in [-0.15, -0.1) is 0 Å². The van der Waals surface area contributed by atoms with Gasteiger partial charge in [-0.05, 0) is 31.2 Å². The molecule has 0 saturated heterocycles. The van der Waals surface area contributed by atoms with Gasteiger partial charge in [0, 0.05) is 15.6 Å². The minimum Gasteiger partial charge on any atom is -0.229 e. The van der Waals surface area contributed by atoms with Crippen LogP contribution in [0.25, 0.3) is 28.7 Å².